The molecule has 1 saturated heterocycles. The van der Waals surface area contributed by atoms with E-state index in [0.29, 0.717) is 11.1 Å². The number of hydrogen-bond acceptors (Lipinski definition) is 3. The van der Waals surface area contributed by atoms with E-state index in [1.165, 1.54) is 0 Å². The van der Waals surface area contributed by atoms with Gasteiger partial charge in [-0.15, -0.1) is 0 Å². The van der Waals surface area contributed by atoms with Crippen LogP contribution in [0, 0.1) is 11.3 Å². The largest absolute Gasteiger partial charge is 0.367 e. The van der Waals surface area contributed by atoms with Crippen LogP contribution in [0.25, 0.3) is 0 Å². The third-order valence-corrected chi connectivity index (χ3v) is 4.04. The lowest BCUT2D eigenvalue weighted by Gasteiger charge is -2.40. The number of nitriles is 1. The average Bonchev–Trinajstić information content (AvgIpc) is 2.39. The van der Waals surface area contributed by atoms with Crippen LogP contribution in [-0.2, 0) is 0 Å². The Bertz CT molecular complexity index is 471. The van der Waals surface area contributed by atoms with Gasteiger partial charge in [-0.1, -0.05) is 17.7 Å². The Morgan fingerprint density at radius 3 is 2.58 bits per heavy atom. The molecule has 1 fully saturated rings. The van der Waals surface area contributed by atoms with E-state index in [9.17, 15) is 5.26 Å². The summed E-state index contributed by atoms with van der Waals surface area (Å²) >= 11 is 5.98. The Balaban J connectivity index is 2.07. The first-order chi connectivity index (χ1) is 9.04. The summed E-state index contributed by atoms with van der Waals surface area (Å²) in [5.41, 5.74) is 0.461. The van der Waals surface area contributed by atoms with Crippen LogP contribution in [-0.4, -0.2) is 29.6 Å². The summed E-state index contributed by atoms with van der Waals surface area (Å²) in [7, 11) is 0. The minimum absolute atomic E-state index is 0.462. The number of nitrogens with one attached hydrogen (secondary N) is 1. The highest BCUT2D eigenvalue weighted by molar-refractivity contribution is 6.30. The van der Waals surface area contributed by atoms with Gasteiger partial charge >= 0.3 is 0 Å². The van der Waals surface area contributed by atoms with Gasteiger partial charge in [-0.05, 0) is 44.9 Å². The molecule has 1 aromatic rings. The molecule has 0 bridgehead atoms. The molecule has 2 rings (SSSR count). The van der Waals surface area contributed by atoms with E-state index in [-0.39, 0.29) is 0 Å². The van der Waals surface area contributed by atoms with Crippen molar-refractivity contribution in [3.8, 4) is 6.07 Å². The molecule has 0 spiro atoms. The molecule has 0 aliphatic carbocycles. The molecule has 102 valence electrons. The summed E-state index contributed by atoms with van der Waals surface area (Å²) in [4.78, 5) is 2.41. The Labute approximate surface area is 120 Å². The van der Waals surface area contributed by atoms with E-state index in [0.717, 1.165) is 31.6 Å². The maximum absolute atomic E-state index is 9.53. The molecule has 4 heteroatoms. The number of halogens is 1. The number of hydrogen-bond donors (Lipinski definition) is 1. The summed E-state index contributed by atoms with van der Waals surface area (Å²) < 4.78 is 0. The van der Waals surface area contributed by atoms with Crippen molar-refractivity contribution >= 4 is 17.3 Å². The number of benzene rings is 1. The molecule has 0 radical (unpaired) electrons. The van der Waals surface area contributed by atoms with Crippen LogP contribution >= 0.6 is 11.6 Å². The van der Waals surface area contributed by atoms with Crippen molar-refractivity contribution < 1.29 is 0 Å². The molecule has 0 saturated carbocycles. The van der Waals surface area contributed by atoms with Crippen LogP contribution in [0.1, 0.15) is 26.7 Å². The molecule has 3 nitrogen and oxygen atoms in total. The monoisotopic (exact) mass is 277 g/mol. The quantitative estimate of drug-likeness (QED) is 0.919. The van der Waals surface area contributed by atoms with Gasteiger partial charge in [0.25, 0.3) is 0 Å². The predicted molar refractivity (Wildman–Crippen MR) is 79.4 cm³/mol. The van der Waals surface area contributed by atoms with Crippen LogP contribution in [0.5, 0.6) is 0 Å². The van der Waals surface area contributed by atoms with Crippen LogP contribution in [0.3, 0.4) is 0 Å². The lowest BCUT2D eigenvalue weighted by atomic mass is 9.88. The molecule has 1 aromatic carbocycles. The standard InChI is InChI=1S/C15H20ClN3/c1-12(2)19-8-6-15(11-17,7-9-19)18-14-5-3-4-13(16)10-14/h3-5,10,12,18H,6-9H2,1-2H3. The van der Waals surface area contributed by atoms with Gasteiger partial charge in [0.1, 0.15) is 5.54 Å². The Morgan fingerprint density at radius 2 is 2.05 bits per heavy atom. The second-order valence-corrected chi connectivity index (χ2v) is 5.90. The van der Waals surface area contributed by atoms with Crippen molar-refractivity contribution in [2.75, 3.05) is 18.4 Å². The summed E-state index contributed by atoms with van der Waals surface area (Å²) in [6.45, 7) is 6.31. The van der Waals surface area contributed by atoms with Crippen molar-refractivity contribution in [3.05, 3.63) is 29.3 Å². The first-order valence-electron chi connectivity index (χ1n) is 6.74. The van der Waals surface area contributed by atoms with Gasteiger partial charge < -0.3 is 10.2 Å². The van der Waals surface area contributed by atoms with Crippen LogP contribution in [0.4, 0.5) is 5.69 Å². The number of anilines is 1. The van der Waals surface area contributed by atoms with Crippen LogP contribution < -0.4 is 5.32 Å². The van der Waals surface area contributed by atoms with Crippen molar-refractivity contribution in [1.29, 1.82) is 5.26 Å². The highest BCUT2D eigenvalue weighted by atomic mass is 35.5. The fourth-order valence-electron chi connectivity index (χ4n) is 2.53. The van der Waals surface area contributed by atoms with Gasteiger partial charge in [0.05, 0.1) is 6.07 Å². The molecule has 19 heavy (non-hydrogen) atoms. The lowest BCUT2D eigenvalue weighted by molar-refractivity contribution is 0.160. The normalized spacial score (nSPS) is 19.1. The topological polar surface area (TPSA) is 39.1 Å². The zero-order chi connectivity index (χ0) is 13.9. The van der Waals surface area contributed by atoms with Gasteiger partial charge in [0.15, 0.2) is 0 Å². The van der Waals surface area contributed by atoms with E-state index in [1.807, 2.05) is 24.3 Å². The molecule has 0 aromatic heterocycles. The zero-order valence-corrected chi connectivity index (χ0v) is 12.2. The second-order valence-electron chi connectivity index (χ2n) is 5.46. The highest BCUT2D eigenvalue weighted by Gasteiger charge is 2.35. The predicted octanol–water partition coefficient (Wildman–Crippen LogP) is 3.52. The van der Waals surface area contributed by atoms with Crippen molar-refractivity contribution in [2.45, 2.75) is 38.3 Å². The molecule has 1 aliphatic heterocycles. The van der Waals surface area contributed by atoms with E-state index in [1.54, 1.807) is 0 Å². The van der Waals surface area contributed by atoms with Crippen molar-refractivity contribution in [1.82, 2.24) is 4.90 Å². The van der Waals surface area contributed by atoms with Crippen molar-refractivity contribution in [3.63, 3.8) is 0 Å². The van der Waals surface area contributed by atoms with Gasteiger partial charge in [-0.2, -0.15) is 5.26 Å². The number of piperidine rings is 1. The summed E-state index contributed by atoms with van der Waals surface area (Å²) in [6, 6.07) is 10.6. The fourth-order valence-corrected chi connectivity index (χ4v) is 2.72. The Morgan fingerprint density at radius 1 is 1.37 bits per heavy atom. The van der Waals surface area contributed by atoms with E-state index in [4.69, 9.17) is 11.6 Å². The third-order valence-electron chi connectivity index (χ3n) is 3.80. The highest BCUT2D eigenvalue weighted by Crippen LogP contribution is 2.28. The van der Waals surface area contributed by atoms with E-state index in [2.05, 4.69) is 30.1 Å². The van der Waals surface area contributed by atoms with Gasteiger partial charge in [-0.25, -0.2) is 0 Å². The summed E-state index contributed by atoms with van der Waals surface area (Å²) in [5, 5.41) is 13.6. The summed E-state index contributed by atoms with van der Waals surface area (Å²) in [5.74, 6) is 0. The first-order valence-corrected chi connectivity index (χ1v) is 7.11. The van der Waals surface area contributed by atoms with Gasteiger partial charge in [0, 0.05) is 29.8 Å². The average molecular weight is 278 g/mol. The molecule has 0 atom stereocenters. The van der Waals surface area contributed by atoms with Gasteiger partial charge in [-0.3, -0.25) is 0 Å². The number of rotatable bonds is 3. The zero-order valence-electron chi connectivity index (χ0n) is 11.5. The molecule has 1 heterocycles. The molecule has 1 N–H and O–H groups in total. The van der Waals surface area contributed by atoms with Crippen LogP contribution in [0.2, 0.25) is 5.02 Å². The molecule has 1 aliphatic rings. The van der Waals surface area contributed by atoms with Gasteiger partial charge in [0.2, 0.25) is 0 Å². The molecule has 0 unspecified atom stereocenters. The third kappa shape index (κ3) is 3.40. The smallest absolute Gasteiger partial charge is 0.127 e. The maximum Gasteiger partial charge on any atom is 0.127 e. The molecular formula is C15H20ClN3. The minimum atomic E-state index is -0.462. The minimum Gasteiger partial charge on any atom is -0.367 e. The van der Waals surface area contributed by atoms with E-state index < -0.39 is 5.54 Å². The second kappa shape index (κ2) is 5.81. The van der Waals surface area contributed by atoms with Crippen LogP contribution in [0.15, 0.2) is 24.3 Å². The maximum atomic E-state index is 9.53. The van der Waals surface area contributed by atoms with Crippen molar-refractivity contribution in [2.24, 2.45) is 0 Å². The summed E-state index contributed by atoms with van der Waals surface area (Å²) in [6.07, 6.45) is 1.68. The first kappa shape index (κ1) is 14.2. The fraction of sp³-hybridized carbons (Fsp3) is 0.533. The number of likely N-dealkylation sites (tertiary alicyclic amines) is 1. The Hall–Kier alpha value is -1.24. The number of nitrogens with zero attached hydrogens (tertiary/aromatic N) is 2. The molecular weight excluding hydrogens is 258 g/mol. The lowest BCUT2D eigenvalue weighted by Crippen LogP contribution is -2.50. The van der Waals surface area contributed by atoms with E-state index >= 15 is 0 Å². The Kier molecular flexibility index (Phi) is 4.34. The molecule has 0 amide bonds. The SMILES string of the molecule is CC(C)N1CCC(C#N)(Nc2cccc(Cl)c2)CC1.